The third kappa shape index (κ3) is 7.91. The number of hydrogen-bond acceptors (Lipinski definition) is 4. The molecule has 0 N–H and O–H groups in total. The van der Waals surface area contributed by atoms with Gasteiger partial charge in [0.2, 0.25) is 0 Å². The molecule has 0 unspecified atom stereocenters. The first-order valence-corrected chi connectivity index (χ1v) is 14.9. The fraction of sp³-hybridized carbons (Fsp3) is 0.351. The van der Waals surface area contributed by atoms with Crippen LogP contribution in [0.1, 0.15) is 81.8 Å². The van der Waals surface area contributed by atoms with Crippen molar-refractivity contribution < 1.29 is 4.74 Å². The lowest BCUT2D eigenvalue weighted by molar-refractivity contribution is 0.408. The number of benzene rings is 2. The van der Waals surface area contributed by atoms with E-state index in [1.165, 1.54) is 33.4 Å². The lowest BCUT2D eigenvalue weighted by Crippen LogP contribution is -2.04. The third-order valence-electron chi connectivity index (χ3n) is 7.65. The van der Waals surface area contributed by atoms with E-state index in [0.717, 1.165) is 72.3 Å². The zero-order valence-corrected chi connectivity index (χ0v) is 25.6. The monoisotopic (exact) mass is 546 g/mol. The maximum absolute atomic E-state index is 5.95. The number of methoxy groups -OCH3 is 1. The van der Waals surface area contributed by atoms with E-state index in [2.05, 4.69) is 86.2 Å². The zero-order chi connectivity index (χ0) is 29.4. The second-order valence-corrected chi connectivity index (χ2v) is 11.0. The Morgan fingerprint density at radius 3 is 2.56 bits per heavy atom. The standard InChI is InChI=1S/C37H44N3O/c1-8-11-27(18-28-13-17-34-35(20-28)40-36(24-39-34)29(9-2)23-38-10-3)19-32-21-31(30-14-15-30)22-37(41-7)33(32)16-12-26(6)25(4)5/h9,13-15,17-18,20-25H,6,8,10-12,16,19H2,1-5,7H3/b27-18+,29-9+,38-23?. The largest absolute Gasteiger partial charge is 0.496 e. The Balaban J connectivity index is 1.70. The molecule has 3 aromatic rings. The van der Waals surface area contributed by atoms with Crippen LogP contribution in [0.5, 0.6) is 5.75 Å². The van der Waals surface area contributed by atoms with Gasteiger partial charge in [-0.1, -0.05) is 75.3 Å². The first-order chi connectivity index (χ1) is 19.9. The summed E-state index contributed by atoms with van der Waals surface area (Å²) in [6, 6.07) is 10.9. The molecule has 0 saturated carbocycles. The van der Waals surface area contributed by atoms with Crippen LogP contribution < -0.4 is 4.74 Å². The van der Waals surface area contributed by atoms with Crippen molar-refractivity contribution in [3.8, 4) is 5.75 Å². The van der Waals surface area contributed by atoms with E-state index in [4.69, 9.17) is 9.72 Å². The Bertz CT molecular complexity index is 1520. The van der Waals surface area contributed by atoms with E-state index in [1.807, 2.05) is 32.3 Å². The average molecular weight is 547 g/mol. The maximum atomic E-state index is 5.95. The molecule has 0 bridgehead atoms. The van der Waals surface area contributed by atoms with Crippen LogP contribution in [0.3, 0.4) is 0 Å². The summed E-state index contributed by atoms with van der Waals surface area (Å²) in [5.74, 6) is 1.45. The number of hydrogen-bond donors (Lipinski definition) is 0. The van der Waals surface area contributed by atoms with Crippen LogP contribution in [0.4, 0.5) is 0 Å². The van der Waals surface area contributed by atoms with Crippen LogP contribution in [-0.2, 0) is 12.8 Å². The Labute approximate surface area is 246 Å². The van der Waals surface area contributed by atoms with Gasteiger partial charge in [-0.25, -0.2) is 4.98 Å². The van der Waals surface area contributed by atoms with E-state index in [-0.39, 0.29) is 0 Å². The Kier molecular flexibility index (Phi) is 10.5. The maximum Gasteiger partial charge on any atom is 0.122 e. The molecule has 41 heavy (non-hydrogen) atoms. The average Bonchev–Trinajstić information content (AvgIpc) is 3.82. The summed E-state index contributed by atoms with van der Waals surface area (Å²) in [4.78, 5) is 14.0. The molecule has 0 saturated heterocycles. The lowest BCUT2D eigenvalue weighted by Gasteiger charge is -2.19. The van der Waals surface area contributed by atoms with Crippen LogP contribution in [-0.4, -0.2) is 29.8 Å². The molecule has 1 radical (unpaired) electrons. The van der Waals surface area contributed by atoms with Gasteiger partial charge in [-0.3, -0.25) is 9.98 Å². The number of rotatable bonds is 14. The highest BCUT2D eigenvalue weighted by Crippen LogP contribution is 2.37. The summed E-state index contributed by atoms with van der Waals surface area (Å²) < 4.78 is 5.95. The molecule has 2 aromatic carbocycles. The van der Waals surface area contributed by atoms with Gasteiger partial charge in [0.15, 0.2) is 0 Å². The van der Waals surface area contributed by atoms with Gasteiger partial charge in [-0.2, -0.15) is 0 Å². The minimum absolute atomic E-state index is 0.477. The van der Waals surface area contributed by atoms with Crippen molar-refractivity contribution in [2.24, 2.45) is 10.9 Å². The predicted octanol–water partition coefficient (Wildman–Crippen LogP) is 9.30. The highest BCUT2D eigenvalue weighted by atomic mass is 16.5. The van der Waals surface area contributed by atoms with E-state index in [0.29, 0.717) is 5.92 Å². The van der Waals surface area contributed by atoms with Crippen LogP contribution in [0.15, 0.2) is 71.4 Å². The number of fused-ring (bicyclic) bond motifs is 1. The second kappa shape index (κ2) is 14.2. The minimum Gasteiger partial charge on any atom is -0.496 e. The van der Waals surface area contributed by atoms with Crippen molar-refractivity contribution in [1.29, 1.82) is 0 Å². The van der Waals surface area contributed by atoms with Crippen molar-refractivity contribution in [1.82, 2.24) is 9.97 Å². The normalized spacial score (nSPS) is 13.8. The van der Waals surface area contributed by atoms with Crippen molar-refractivity contribution in [2.45, 2.75) is 66.7 Å². The molecule has 1 aliphatic carbocycles. The molecule has 1 aromatic heterocycles. The van der Waals surface area contributed by atoms with Crippen molar-refractivity contribution in [3.05, 3.63) is 101 Å². The van der Waals surface area contributed by atoms with Gasteiger partial charge < -0.3 is 4.74 Å². The van der Waals surface area contributed by atoms with E-state index >= 15 is 0 Å². The number of aromatic nitrogens is 2. The molecule has 0 spiro atoms. The summed E-state index contributed by atoms with van der Waals surface area (Å²) in [6.07, 6.45) is 17.3. The molecule has 1 heterocycles. The van der Waals surface area contributed by atoms with Crippen LogP contribution in [0.25, 0.3) is 28.3 Å². The number of nitrogens with zero attached hydrogens (tertiary/aromatic N) is 3. The fourth-order valence-corrected chi connectivity index (χ4v) is 5.05. The topological polar surface area (TPSA) is 47.4 Å². The fourth-order valence-electron chi connectivity index (χ4n) is 5.05. The molecule has 4 rings (SSSR count). The van der Waals surface area contributed by atoms with Crippen LogP contribution in [0, 0.1) is 12.3 Å². The Morgan fingerprint density at radius 2 is 1.90 bits per heavy atom. The van der Waals surface area contributed by atoms with Gasteiger partial charge in [0, 0.05) is 24.8 Å². The van der Waals surface area contributed by atoms with Gasteiger partial charge in [-0.05, 0) is 91.5 Å². The Morgan fingerprint density at radius 1 is 1.10 bits per heavy atom. The van der Waals surface area contributed by atoms with Gasteiger partial charge in [-0.15, -0.1) is 0 Å². The van der Waals surface area contributed by atoms with Gasteiger partial charge >= 0.3 is 0 Å². The Hall–Kier alpha value is -3.79. The van der Waals surface area contributed by atoms with Crippen molar-refractivity contribution >= 4 is 34.5 Å². The molecular formula is C37H44N3O. The number of aliphatic imine (C=N–C) groups is 1. The van der Waals surface area contributed by atoms with Gasteiger partial charge in [0.05, 0.1) is 30.0 Å². The molecule has 213 valence electrons. The minimum atomic E-state index is 0.477. The predicted molar refractivity (Wildman–Crippen MR) is 176 cm³/mol. The van der Waals surface area contributed by atoms with Crippen molar-refractivity contribution in [3.63, 3.8) is 0 Å². The summed E-state index contributed by atoms with van der Waals surface area (Å²) >= 11 is 0. The lowest BCUT2D eigenvalue weighted by atomic mass is 9.89. The highest BCUT2D eigenvalue weighted by Gasteiger charge is 2.19. The van der Waals surface area contributed by atoms with Crippen LogP contribution in [0.2, 0.25) is 0 Å². The van der Waals surface area contributed by atoms with Gasteiger partial charge in [0.25, 0.3) is 0 Å². The summed E-state index contributed by atoms with van der Waals surface area (Å²) in [5.41, 5.74) is 12.6. The number of allylic oxidation sites excluding steroid dienone is 6. The first-order valence-electron chi connectivity index (χ1n) is 14.9. The van der Waals surface area contributed by atoms with E-state index in [1.54, 1.807) is 7.11 Å². The van der Waals surface area contributed by atoms with E-state index in [9.17, 15) is 0 Å². The number of ether oxygens (including phenoxy) is 1. The first kappa shape index (κ1) is 30.2. The molecule has 1 aliphatic rings. The van der Waals surface area contributed by atoms with Gasteiger partial charge in [0.1, 0.15) is 5.75 Å². The summed E-state index contributed by atoms with van der Waals surface area (Å²) in [7, 11) is 1.79. The third-order valence-corrected chi connectivity index (χ3v) is 7.65. The van der Waals surface area contributed by atoms with Crippen LogP contribution >= 0.6 is 0 Å². The quantitative estimate of drug-likeness (QED) is 0.149. The molecule has 4 nitrogen and oxygen atoms in total. The zero-order valence-electron chi connectivity index (χ0n) is 25.6. The molecule has 0 fully saturated rings. The molecular weight excluding hydrogens is 502 g/mol. The van der Waals surface area contributed by atoms with Crippen molar-refractivity contribution in [2.75, 3.05) is 13.7 Å². The highest BCUT2D eigenvalue weighted by molar-refractivity contribution is 6.09. The molecule has 0 aliphatic heterocycles. The molecule has 4 heteroatoms. The second-order valence-electron chi connectivity index (χ2n) is 11.0. The summed E-state index contributed by atoms with van der Waals surface area (Å²) in [6.45, 7) is 15.8. The summed E-state index contributed by atoms with van der Waals surface area (Å²) in [5, 5.41) is 0. The molecule has 0 atom stereocenters. The SMILES string of the molecule is C=C(CCc1c(C/C(=C/c2ccc3ncc(/C(C=NCC)=C/C)nc3c2)CCC)cc(C2=C[CH]2)cc1OC)C(C)C. The molecule has 0 amide bonds. The smallest absolute Gasteiger partial charge is 0.122 e. The van der Waals surface area contributed by atoms with E-state index < -0.39 is 0 Å².